The van der Waals surface area contributed by atoms with E-state index in [1.54, 1.807) is 6.07 Å². The van der Waals surface area contributed by atoms with E-state index in [9.17, 15) is 4.39 Å². The number of nitrogens with zero attached hydrogens (tertiary/aromatic N) is 4. The molecule has 0 N–H and O–H groups in total. The molecular weight excluding hydrogens is 351 g/mol. The van der Waals surface area contributed by atoms with E-state index < -0.39 is 0 Å². The van der Waals surface area contributed by atoms with Gasteiger partial charge in [-0.2, -0.15) is 0 Å². The van der Waals surface area contributed by atoms with E-state index in [1.807, 2.05) is 18.3 Å². The zero-order valence-electron chi connectivity index (χ0n) is 16.4. The number of rotatable bonds is 3. The van der Waals surface area contributed by atoms with Crippen molar-refractivity contribution in [2.45, 2.75) is 50.6 Å². The number of halogens is 1. The van der Waals surface area contributed by atoms with Crippen LogP contribution in [0.3, 0.4) is 0 Å². The smallest absolute Gasteiger partial charge is 0.130 e. The van der Waals surface area contributed by atoms with Crippen LogP contribution in [0.25, 0.3) is 0 Å². The molecule has 2 aromatic rings. The number of fused-ring (bicyclic) bond motifs is 1. The summed E-state index contributed by atoms with van der Waals surface area (Å²) in [7, 11) is 0. The predicted molar refractivity (Wildman–Crippen MR) is 113 cm³/mol. The lowest BCUT2D eigenvalue weighted by Gasteiger charge is -2.41. The molecule has 1 aromatic heterocycles. The Morgan fingerprint density at radius 3 is 2.50 bits per heavy atom. The van der Waals surface area contributed by atoms with Gasteiger partial charge in [0, 0.05) is 49.8 Å². The summed E-state index contributed by atoms with van der Waals surface area (Å²) < 4.78 is 13.8. The van der Waals surface area contributed by atoms with Crippen molar-refractivity contribution in [1.29, 1.82) is 0 Å². The third-order valence-electron chi connectivity index (χ3n) is 6.69. The number of hydrogen-bond acceptors (Lipinski definition) is 4. The molecule has 3 aliphatic rings. The van der Waals surface area contributed by atoms with Crippen molar-refractivity contribution in [1.82, 2.24) is 4.98 Å². The van der Waals surface area contributed by atoms with Gasteiger partial charge in [0.2, 0.25) is 0 Å². The van der Waals surface area contributed by atoms with E-state index in [0.717, 1.165) is 50.5 Å². The van der Waals surface area contributed by atoms with E-state index >= 15 is 0 Å². The number of aromatic nitrogens is 1. The molecule has 3 fully saturated rings. The molecule has 0 saturated carbocycles. The molecule has 148 valence electrons. The molecule has 5 heteroatoms. The van der Waals surface area contributed by atoms with E-state index in [0.29, 0.717) is 12.1 Å². The molecule has 2 atom stereocenters. The third-order valence-corrected chi connectivity index (χ3v) is 6.69. The van der Waals surface area contributed by atoms with Gasteiger partial charge in [-0.3, -0.25) is 0 Å². The van der Waals surface area contributed by atoms with Crippen LogP contribution in [0, 0.1) is 5.82 Å². The van der Waals surface area contributed by atoms with Crippen LogP contribution in [0.1, 0.15) is 38.5 Å². The molecular formula is C23H29FN4. The zero-order valence-corrected chi connectivity index (χ0v) is 16.4. The van der Waals surface area contributed by atoms with Gasteiger partial charge in [0.25, 0.3) is 0 Å². The maximum atomic E-state index is 13.8. The Morgan fingerprint density at radius 1 is 0.786 bits per heavy atom. The summed E-state index contributed by atoms with van der Waals surface area (Å²) in [5.74, 6) is 0.960. The highest BCUT2D eigenvalue weighted by molar-refractivity contribution is 5.58. The fourth-order valence-corrected chi connectivity index (χ4v) is 5.36. The minimum absolute atomic E-state index is 0.148. The maximum Gasteiger partial charge on any atom is 0.130 e. The molecule has 3 aliphatic heterocycles. The van der Waals surface area contributed by atoms with Gasteiger partial charge in [0.15, 0.2) is 0 Å². The number of piperidine rings is 2. The van der Waals surface area contributed by atoms with Gasteiger partial charge < -0.3 is 14.7 Å². The molecule has 4 nitrogen and oxygen atoms in total. The zero-order chi connectivity index (χ0) is 18.9. The quantitative estimate of drug-likeness (QED) is 0.784. The summed E-state index contributed by atoms with van der Waals surface area (Å²) in [6.07, 6.45) is 9.33. The van der Waals surface area contributed by atoms with Crippen LogP contribution in [0.2, 0.25) is 0 Å². The Labute approximate surface area is 167 Å². The second-order valence-corrected chi connectivity index (χ2v) is 8.35. The number of benzene rings is 1. The molecule has 0 spiro atoms. The van der Waals surface area contributed by atoms with Crippen molar-refractivity contribution in [2.24, 2.45) is 0 Å². The second-order valence-electron chi connectivity index (χ2n) is 8.35. The van der Waals surface area contributed by atoms with Gasteiger partial charge in [-0.15, -0.1) is 0 Å². The first-order valence-electron chi connectivity index (χ1n) is 10.8. The van der Waals surface area contributed by atoms with Crippen molar-refractivity contribution in [3.05, 3.63) is 48.4 Å². The van der Waals surface area contributed by atoms with Gasteiger partial charge in [-0.1, -0.05) is 6.07 Å². The maximum absolute atomic E-state index is 13.8. The molecule has 28 heavy (non-hydrogen) atoms. The molecule has 0 amide bonds. The molecule has 5 rings (SSSR count). The van der Waals surface area contributed by atoms with Crippen LogP contribution in [-0.4, -0.2) is 43.2 Å². The lowest BCUT2D eigenvalue weighted by Crippen LogP contribution is -2.50. The summed E-state index contributed by atoms with van der Waals surface area (Å²) in [5, 5.41) is 0. The topological polar surface area (TPSA) is 22.6 Å². The fraction of sp³-hybridized carbons (Fsp3) is 0.522. The Hall–Kier alpha value is -2.30. The summed E-state index contributed by atoms with van der Waals surface area (Å²) in [6, 6.07) is 12.4. The monoisotopic (exact) mass is 380 g/mol. The summed E-state index contributed by atoms with van der Waals surface area (Å²) in [6.45, 7) is 4.35. The first kappa shape index (κ1) is 17.8. The highest BCUT2D eigenvalue weighted by Gasteiger charge is 2.41. The van der Waals surface area contributed by atoms with Crippen molar-refractivity contribution in [3.63, 3.8) is 0 Å². The van der Waals surface area contributed by atoms with Crippen LogP contribution in [0.4, 0.5) is 21.6 Å². The highest BCUT2D eigenvalue weighted by Crippen LogP contribution is 2.37. The average molecular weight is 381 g/mol. The normalized spacial score (nSPS) is 25.1. The predicted octanol–water partition coefficient (Wildman–Crippen LogP) is 4.46. The van der Waals surface area contributed by atoms with Gasteiger partial charge in [0.1, 0.15) is 11.6 Å². The number of hydrogen-bond donors (Lipinski definition) is 0. The van der Waals surface area contributed by atoms with Crippen molar-refractivity contribution in [3.8, 4) is 0 Å². The summed E-state index contributed by atoms with van der Waals surface area (Å²) in [4.78, 5) is 12.2. The SMILES string of the molecule is Fc1cccc(N2CCC[C@@H]3[C@H]2CCN3c2cc(N3CCCCC3)ccn2)c1. The molecule has 0 radical (unpaired) electrons. The van der Waals surface area contributed by atoms with Crippen LogP contribution < -0.4 is 14.7 Å². The summed E-state index contributed by atoms with van der Waals surface area (Å²) >= 11 is 0. The van der Waals surface area contributed by atoms with E-state index in [2.05, 4.69) is 26.8 Å². The molecule has 3 saturated heterocycles. The highest BCUT2D eigenvalue weighted by atomic mass is 19.1. The lowest BCUT2D eigenvalue weighted by molar-refractivity contribution is 0.432. The van der Waals surface area contributed by atoms with Crippen LogP contribution >= 0.6 is 0 Å². The third kappa shape index (κ3) is 3.31. The van der Waals surface area contributed by atoms with E-state index in [-0.39, 0.29) is 5.82 Å². The molecule has 0 bridgehead atoms. The van der Waals surface area contributed by atoms with Gasteiger partial charge in [-0.05, 0) is 62.8 Å². The Morgan fingerprint density at radius 2 is 1.64 bits per heavy atom. The number of pyridine rings is 1. The van der Waals surface area contributed by atoms with E-state index in [4.69, 9.17) is 4.98 Å². The first-order valence-corrected chi connectivity index (χ1v) is 10.8. The Bertz CT molecular complexity index is 820. The van der Waals surface area contributed by atoms with Gasteiger partial charge in [-0.25, -0.2) is 9.37 Å². The molecule has 1 aromatic carbocycles. The second kappa shape index (κ2) is 7.61. The minimum Gasteiger partial charge on any atom is -0.371 e. The molecule has 0 unspecified atom stereocenters. The van der Waals surface area contributed by atoms with Crippen molar-refractivity contribution in [2.75, 3.05) is 40.9 Å². The Balaban J connectivity index is 1.38. The van der Waals surface area contributed by atoms with Crippen molar-refractivity contribution >= 4 is 17.2 Å². The fourth-order valence-electron chi connectivity index (χ4n) is 5.36. The van der Waals surface area contributed by atoms with Gasteiger partial charge >= 0.3 is 0 Å². The van der Waals surface area contributed by atoms with Crippen LogP contribution in [0.15, 0.2) is 42.6 Å². The van der Waals surface area contributed by atoms with Crippen molar-refractivity contribution < 1.29 is 4.39 Å². The first-order chi connectivity index (χ1) is 13.8. The van der Waals surface area contributed by atoms with E-state index in [1.165, 1.54) is 37.4 Å². The number of anilines is 3. The molecule has 0 aliphatic carbocycles. The van der Waals surface area contributed by atoms with Crippen LogP contribution in [-0.2, 0) is 0 Å². The Kier molecular flexibility index (Phi) is 4.83. The largest absolute Gasteiger partial charge is 0.371 e. The standard InChI is InChI=1S/C23H29FN4/c24-18-6-4-7-20(16-18)27-14-5-8-21-22(27)10-15-28(21)23-17-19(9-11-25-23)26-12-2-1-3-13-26/h4,6-7,9,11,16-17,21-22H,1-3,5,8,10,12-15H2/t21-,22-/m1/s1. The summed E-state index contributed by atoms with van der Waals surface area (Å²) in [5.41, 5.74) is 2.33. The molecule has 4 heterocycles. The average Bonchev–Trinajstić information content (AvgIpc) is 3.19. The van der Waals surface area contributed by atoms with Crippen LogP contribution in [0.5, 0.6) is 0 Å². The minimum atomic E-state index is -0.148. The van der Waals surface area contributed by atoms with Gasteiger partial charge in [0.05, 0.1) is 12.1 Å². The lowest BCUT2D eigenvalue weighted by atomic mass is 9.96.